The van der Waals surface area contributed by atoms with Crippen molar-refractivity contribution in [1.29, 1.82) is 0 Å². The van der Waals surface area contributed by atoms with E-state index in [1.807, 2.05) is 7.05 Å². The van der Waals surface area contributed by atoms with Crippen LogP contribution in [0.1, 0.15) is 171 Å². The van der Waals surface area contributed by atoms with Crippen molar-refractivity contribution in [3.05, 3.63) is 18.7 Å². The van der Waals surface area contributed by atoms with E-state index in [1.54, 1.807) is 0 Å². The molecule has 1 fully saturated rings. The van der Waals surface area contributed by atoms with E-state index >= 15 is 0 Å². The van der Waals surface area contributed by atoms with Gasteiger partial charge in [0.25, 0.3) is 0 Å². The smallest absolute Gasteiger partial charge is 0.243 e. The summed E-state index contributed by atoms with van der Waals surface area (Å²) in [7, 11) is 9.34. The predicted molar refractivity (Wildman–Crippen MR) is 216 cm³/mol. The molecule has 288 valence electrons. The lowest BCUT2D eigenvalue weighted by Gasteiger charge is -2.34. The lowest BCUT2D eigenvalue weighted by Crippen LogP contribution is -2.46. The summed E-state index contributed by atoms with van der Waals surface area (Å²) in [6, 6.07) is 0. The minimum absolute atomic E-state index is 1.15. The standard InChI is InChI=1S/2C13H30N.C9H20N.C8H15N2/c2*1-5-8-11-14(4,12-9-6-2)13-10-7-3;1-3-4-7-10(2)8-5-6-9-10;1-3-4-5-10-7-6-9(2)8-10/h2*5-13H2,1-4H3;3-9H2,1-2H3;6-8H,3-5H2,1-2H3/q4*+1. The molecule has 1 saturated heterocycles. The molecule has 1 aliphatic rings. The molecule has 0 radical (unpaired) electrons. The fraction of sp³-hybridized carbons (Fsp3) is 0.930. The third-order valence-electron chi connectivity index (χ3n) is 10.6. The Labute approximate surface area is 305 Å². The lowest BCUT2D eigenvalue weighted by atomic mass is 10.2. The zero-order chi connectivity index (χ0) is 36.6. The van der Waals surface area contributed by atoms with E-state index in [1.165, 1.54) is 188 Å². The van der Waals surface area contributed by atoms with Crippen LogP contribution >= 0.6 is 0 Å². The maximum absolute atomic E-state index is 2.45. The number of aromatic nitrogens is 2. The minimum Gasteiger partial charge on any atom is -0.326 e. The Bertz CT molecular complexity index is 708. The largest absolute Gasteiger partial charge is 0.326 e. The van der Waals surface area contributed by atoms with Gasteiger partial charge in [-0.15, -0.1) is 0 Å². The molecule has 1 aromatic rings. The molecule has 0 N–H and O–H groups in total. The van der Waals surface area contributed by atoms with Gasteiger partial charge in [-0.1, -0.05) is 107 Å². The van der Waals surface area contributed by atoms with Crippen LogP contribution in [-0.2, 0) is 13.6 Å². The topological polar surface area (TPSA) is 8.81 Å². The Morgan fingerprint density at radius 3 is 1.15 bits per heavy atom. The molecule has 5 nitrogen and oxygen atoms in total. The number of unbranched alkanes of at least 4 members (excludes halogenated alkanes) is 8. The van der Waals surface area contributed by atoms with Crippen LogP contribution in [0.15, 0.2) is 18.7 Å². The molecule has 1 aromatic heterocycles. The number of rotatable bonds is 24. The molecule has 1 aliphatic heterocycles. The van der Waals surface area contributed by atoms with Crippen LogP contribution in [0.4, 0.5) is 0 Å². The highest BCUT2D eigenvalue weighted by atomic mass is 15.3. The van der Waals surface area contributed by atoms with Gasteiger partial charge in [0.2, 0.25) is 6.33 Å². The van der Waals surface area contributed by atoms with Crippen molar-refractivity contribution in [1.82, 2.24) is 4.57 Å². The Kier molecular flexibility index (Phi) is 32.8. The van der Waals surface area contributed by atoms with Gasteiger partial charge >= 0.3 is 0 Å². The Balaban J connectivity index is 0. The number of quaternary nitrogens is 3. The molecule has 48 heavy (non-hydrogen) atoms. The minimum atomic E-state index is 1.15. The number of hydrogen-bond acceptors (Lipinski definition) is 0. The summed E-state index contributed by atoms with van der Waals surface area (Å²) in [5.74, 6) is 0. The molecule has 2 rings (SSSR count). The highest BCUT2D eigenvalue weighted by Gasteiger charge is 2.25. The van der Waals surface area contributed by atoms with E-state index < -0.39 is 0 Å². The van der Waals surface area contributed by atoms with Gasteiger partial charge in [0.1, 0.15) is 12.4 Å². The monoisotopic (exact) mass is 682 g/mol. The van der Waals surface area contributed by atoms with Crippen LogP contribution in [0.25, 0.3) is 0 Å². The summed E-state index contributed by atoms with van der Waals surface area (Å²) >= 11 is 0. The molecule has 0 atom stereocenters. The second-order valence-electron chi connectivity index (χ2n) is 16.2. The fourth-order valence-electron chi connectivity index (χ4n) is 6.75. The van der Waals surface area contributed by atoms with E-state index in [4.69, 9.17) is 0 Å². The van der Waals surface area contributed by atoms with Crippen molar-refractivity contribution in [2.24, 2.45) is 7.05 Å². The van der Waals surface area contributed by atoms with Gasteiger partial charge in [-0.05, 0) is 51.4 Å². The molecule has 0 aliphatic carbocycles. The summed E-state index contributed by atoms with van der Waals surface area (Å²) in [5.41, 5.74) is 0. The first kappa shape index (κ1) is 49.2. The highest BCUT2D eigenvalue weighted by molar-refractivity contribution is 4.65. The first-order valence-electron chi connectivity index (χ1n) is 21.5. The summed E-state index contributed by atoms with van der Waals surface area (Å²) < 4.78 is 8.26. The number of imidazole rings is 1. The number of hydrogen-bond donors (Lipinski definition) is 0. The first-order chi connectivity index (χ1) is 23.0. The van der Waals surface area contributed by atoms with Crippen LogP contribution in [0.3, 0.4) is 0 Å². The summed E-state index contributed by atoms with van der Waals surface area (Å²) in [4.78, 5) is 0. The third kappa shape index (κ3) is 27.9. The number of aryl methyl sites for hydroxylation is 2. The number of nitrogens with zero attached hydrogens (tertiary/aromatic N) is 5. The van der Waals surface area contributed by atoms with Crippen LogP contribution in [0, 0.1) is 0 Å². The van der Waals surface area contributed by atoms with E-state index in [-0.39, 0.29) is 0 Å². The second-order valence-corrected chi connectivity index (χ2v) is 16.2. The Hall–Kier alpha value is -0.910. The maximum Gasteiger partial charge on any atom is 0.243 e. The summed E-state index contributed by atoms with van der Waals surface area (Å²) in [5, 5.41) is 0. The molecule has 0 amide bonds. The van der Waals surface area contributed by atoms with Crippen LogP contribution in [0.2, 0.25) is 0 Å². The van der Waals surface area contributed by atoms with E-state index in [2.05, 4.69) is 104 Å². The molecule has 0 unspecified atom stereocenters. The zero-order valence-electron chi connectivity index (χ0n) is 35.8. The van der Waals surface area contributed by atoms with Crippen LogP contribution < -0.4 is 4.57 Å². The van der Waals surface area contributed by atoms with E-state index in [0.29, 0.717) is 0 Å². The average Bonchev–Trinajstić information content (AvgIpc) is 3.73. The molecule has 5 heteroatoms. The quantitative estimate of drug-likeness (QED) is 0.0758. The van der Waals surface area contributed by atoms with Gasteiger partial charge in [0.15, 0.2) is 0 Å². The molecule has 0 spiro atoms. The van der Waals surface area contributed by atoms with E-state index in [9.17, 15) is 0 Å². The Morgan fingerprint density at radius 1 is 0.542 bits per heavy atom. The molecule has 0 aromatic carbocycles. The zero-order valence-corrected chi connectivity index (χ0v) is 35.8. The fourth-order valence-corrected chi connectivity index (χ4v) is 6.75. The lowest BCUT2D eigenvalue weighted by molar-refractivity contribution is -0.910. The molecule has 0 saturated carbocycles. The van der Waals surface area contributed by atoms with Gasteiger partial charge in [-0.25, -0.2) is 9.13 Å². The van der Waals surface area contributed by atoms with E-state index in [0.717, 1.165) is 6.54 Å². The third-order valence-corrected chi connectivity index (χ3v) is 10.6. The SMILES string of the molecule is CCCC[N+](C)(CCCC)CCCC.CCCC[N+](C)(CCCC)CCCC.CCCC[N+]1(C)CCCC1.CCCCn1cc[n+](C)c1. The Morgan fingerprint density at radius 2 is 0.875 bits per heavy atom. The average molecular weight is 682 g/mol. The van der Waals surface area contributed by atoms with Crippen molar-refractivity contribution in [3.8, 4) is 0 Å². The normalized spacial score (nSPS) is 14.0. The van der Waals surface area contributed by atoms with Gasteiger partial charge in [-0.3, -0.25) is 0 Å². The van der Waals surface area contributed by atoms with Crippen molar-refractivity contribution < 1.29 is 18.0 Å². The predicted octanol–water partition coefficient (Wildman–Crippen LogP) is 10.8. The van der Waals surface area contributed by atoms with Crippen molar-refractivity contribution in [2.75, 3.05) is 80.0 Å². The second kappa shape index (κ2) is 32.0. The summed E-state index contributed by atoms with van der Waals surface area (Å²) in [6.07, 6.45) is 30.9. The van der Waals surface area contributed by atoms with Gasteiger partial charge in [-0.2, -0.15) is 0 Å². The van der Waals surface area contributed by atoms with Gasteiger partial charge in [0.05, 0.1) is 93.6 Å². The van der Waals surface area contributed by atoms with Crippen LogP contribution in [-0.4, -0.2) is 98.1 Å². The van der Waals surface area contributed by atoms with Gasteiger partial charge < -0.3 is 13.4 Å². The first-order valence-corrected chi connectivity index (χ1v) is 21.5. The van der Waals surface area contributed by atoms with Crippen molar-refractivity contribution >= 4 is 0 Å². The van der Waals surface area contributed by atoms with Crippen molar-refractivity contribution in [2.45, 2.75) is 178 Å². The molecular formula is C43H95N5+4. The van der Waals surface area contributed by atoms with Crippen molar-refractivity contribution in [3.63, 3.8) is 0 Å². The molecule has 0 bridgehead atoms. The van der Waals surface area contributed by atoms with Crippen LogP contribution in [0.5, 0.6) is 0 Å². The van der Waals surface area contributed by atoms with Gasteiger partial charge in [0, 0.05) is 12.8 Å². The molecular weight excluding hydrogens is 587 g/mol. The summed E-state index contributed by atoms with van der Waals surface area (Å²) in [6.45, 7) is 32.0. The maximum atomic E-state index is 2.45. The highest BCUT2D eigenvalue weighted by Crippen LogP contribution is 2.17. The molecule has 2 heterocycles. The number of likely N-dealkylation sites (tertiary alicyclic amines) is 1.